The summed E-state index contributed by atoms with van der Waals surface area (Å²) in [6, 6.07) is 10.5. The van der Waals surface area contributed by atoms with Crippen LogP contribution in [0.3, 0.4) is 0 Å². The summed E-state index contributed by atoms with van der Waals surface area (Å²) in [6.45, 7) is 2.74. The van der Waals surface area contributed by atoms with Gasteiger partial charge in [-0.3, -0.25) is 0 Å². The number of nitriles is 1. The van der Waals surface area contributed by atoms with Crippen LogP contribution in [0.5, 0.6) is 5.75 Å². The van der Waals surface area contributed by atoms with Crippen LogP contribution in [-0.4, -0.2) is 11.6 Å². The van der Waals surface area contributed by atoms with Gasteiger partial charge in [0.1, 0.15) is 16.7 Å². The molecule has 0 spiro atoms. The minimum atomic E-state index is 0.534. The van der Waals surface area contributed by atoms with Crippen molar-refractivity contribution in [2.75, 3.05) is 6.61 Å². The van der Waals surface area contributed by atoms with Crippen LogP contribution in [0.1, 0.15) is 46.8 Å². The molecule has 0 unspecified atom stereocenters. The van der Waals surface area contributed by atoms with Gasteiger partial charge in [-0.15, -0.1) is 11.3 Å². The van der Waals surface area contributed by atoms with Crippen LogP contribution in [-0.2, 0) is 12.8 Å². The monoisotopic (exact) mass is 298 g/mol. The average Bonchev–Trinajstić information content (AvgIpc) is 3.28. The van der Waals surface area contributed by atoms with E-state index in [0.717, 1.165) is 34.2 Å². The van der Waals surface area contributed by atoms with Crippen molar-refractivity contribution < 1.29 is 4.74 Å². The Bertz CT molecular complexity index is 668. The standard InChI is InChI=1S/C17H18N2OS/c1-2-12-4-3-5-14(10-12)20-9-8-16-19-17(13-6-7-13)15(11-18)21-16/h3-5,10,13H,2,6-9H2,1H3. The van der Waals surface area contributed by atoms with E-state index in [1.54, 1.807) is 0 Å². The quantitative estimate of drug-likeness (QED) is 0.807. The van der Waals surface area contributed by atoms with Crippen molar-refractivity contribution in [1.82, 2.24) is 4.98 Å². The van der Waals surface area contributed by atoms with E-state index in [1.807, 2.05) is 12.1 Å². The Morgan fingerprint density at radius 1 is 1.43 bits per heavy atom. The first-order valence-corrected chi connectivity index (χ1v) is 8.23. The van der Waals surface area contributed by atoms with Crippen molar-refractivity contribution in [3.05, 3.63) is 45.4 Å². The van der Waals surface area contributed by atoms with Crippen LogP contribution in [0.15, 0.2) is 24.3 Å². The molecule has 0 radical (unpaired) electrons. The molecule has 0 amide bonds. The van der Waals surface area contributed by atoms with Gasteiger partial charge in [0.05, 0.1) is 17.3 Å². The molecule has 1 heterocycles. The van der Waals surface area contributed by atoms with Gasteiger partial charge in [-0.05, 0) is 37.0 Å². The van der Waals surface area contributed by atoms with E-state index < -0.39 is 0 Å². The second kappa shape index (κ2) is 6.28. The molecule has 1 saturated carbocycles. The number of thiazole rings is 1. The molecule has 4 heteroatoms. The van der Waals surface area contributed by atoms with Crippen LogP contribution in [0, 0.1) is 11.3 Å². The zero-order valence-electron chi connectivity index (χ0n) is 12.1. The van der Waals surface area contributed by atoms with Crippen LogP contribution < -0.4 is 4.74 Å². The van der Waals surface area contributed by atoms with Gasteiger partial charge in [0.2, 0.25) is 0 Å². The predicted octanol–water partition coefficient (Wildman–Crippen LogP) is 4.08. The highest BCUT2D eigenvalue weighted by Gasteiger charge is 2.29. The van der Waals surface area contributed by atoms with Crippen LogP contribution in [0.4, 0.5) is 0 Å². The Hall–Kier alpha value is -1.86. The van der Waals surface area contributed by atoms with Gasteiger partial charge in [-0.2, -0.15) is 5.26 Å². The van der Waals surface area contributed by atoms with Gasteiger partial charge in [0.25, 0.3) is 0 Å². The molecule has 1 aliphatic carbocycles. The zero-order chi connectivity index (χ0) is 14.7. The minimum absolute atomic E-state index is 0.534. The molecule has 0 bridgehead atoms. The Morgan fingerprint density at radius 2 is 2.29 bits per heavy atom. The lowest BCUT2D eigenvalue weighted by Crippen LogP contribution is -2.01. The van der Waals surface area contributed by atoms with Crippen molar-refractivity contribution in [2.45, 2.75) is 38.5 Å². The fourth-order valence-corrected chi connectivity index (χ4v) is 3.24. The molecule has 1 aliphatic rings. The Kier molecular flexibility index (Phi) is 4.21. The molecule has 0 saturated heterocycles. The predicted molar refractivity (Wildman–Crippen MR) is 83.8 cm³/mol. The molecular weight excluding hydrogens is 280 g/mol. The van der Waals surface area contributed by atoms with Gasteiger partial charge in [0.15, 0.2) is 0 Å². The Balaban J connectivity index is 1.59. The van der Waals surface area contributed by atoms with Crippen molar-refractivity contribution in [3.63, 3.8) is 0 Å². The number of aryl methyl sites for hydroxylation is 1. The van der Waals surface area contributed by atoms with Gasteiger partial charge >= 0.3 is 0 Å². The smallest absolute Gasteiger partial charge is 0.128 e. The Morgan fingerprint density at radius 3 is 3.00 bits per heavy atom. The minimum Gasteiger partial charge on any atom is -0.493 e. The van der Waals surface area contributed by atoms with Gasteiger partial charge < -0.3 is 4.74 Å². The lowest BCUT2D eigenvalue weighted by atomic mass is 10.2. The first-order chi connectivity index (χ1) is 10.3. The third-order valence-corrected chi connectivity index (χ3v) is 4.69. The summed E-state index contributed by atoms with van der Waals surface area (Å²) >= 11 is 1.52. The van der Waals surface area contributed by atoms with Gasteiger partial charge in [0, 0.05) is 12.3 Å². The van der Waals surface area contributed by atoms with Crippen LogP contribution >= 0.6 is 11.3 Å². The van der Waals surface area contributed by atoms with E-state index >= 15 is 0 Å². The van der Waals surface area contributed by atoms with E-state index in [1.165, 1.54) is 29.7 Å². The normalized spacial score (nSPS) is 13.9. The average molecular weight is 298 g/mol. The molecule has 3 rings (SSSR count). The van der Waals surface area contributed by atoms with E-state index in [2.05, 4.69) is 30.1 Å². The number of hydrogen-bond acceptors (Lipinski definition) is 4. The Labute approximate surface area is 129 Å². The van der Waals surface area contributed by atoms with Gasteiger partial charge in [-0.25, -0.2) is 4.98 Å². The molecule has 0 atom stereocenters. The van der Waals surface area contributed by atoms with Crippen LogP contribution in [0.2, 0.25) is 0 Å². The maximum Gasteiger partial charge on any atom is 0.128 e. The number of benzene rings is 1. The summed E-state index contributed by atoms with van der Waals surface area (Å²) in [5.74, 6) is 1.45. The first-order valence-electron chi connectivity index (χ1n) is 7.41. The highest BCUT2D eigenvalue weighted by molar-refractivity contribution is 7.12. The van der Waals surface area contributed by atoms with Crippen LogP contribution in [0.25, 0.3) is 0 Å². The van der Waals surface area contributed by atoms with Crippen molar-refractivity contribution in [2.24, 2.45) is 0 Å². The molecule has 1 aromatic heterocycles. The lowest BCUT2D eigenvalue weighted by molar-refractivity contribution is 0.321. The van der Waals surface area contributed by atoms with E-state index in [-0.39, 0.29) is 0 Å². The summed E-state index contributed by atoms with van der Waals surface area (Å²) in [7, 11) is 0. The van der Waals surface area contributed by atoms with Gasteiger partial charge in [-0.1, -0.05) is 19.1 Å². The van der Waals surface area contributed by atoms with E-state index in [0.29, 0.717) is 12.5 Å². The molecule has 0 N–H and O–H groups in total. The molecule has 21 heavy (non-hydrogen) atoms. The fourth-order valence-electron chi connectivity index (χ4n) is 2.31. The summed E-state index contributed by atoms with van der Waals surface area (Å²) in [4.78, 5) is 5.42. The first kappa shape index (κ1) is 14.1. The maximum absolute atomic E-state index is 9.16. The van der Waals surface area contributed by atoms with E-state index in [4.69, 9.17) is 10.00 Å². The topological polar surface area (TPSA) is 45.9 Å². The molecule has 1 fully saturated rings. The number of rotatable bonds is 6. The van der Waals surface area contributed by atoms with Crippen molar-refractivity contribution >= 4 is 11.3 Å². The number of aromatic nitrogens is 1. The molecule has 2 aromatic rings. The summed E-state index contributed by atoms with van der Waals surface area (Å²) in [6.07, 6.45) is 4.14. The summed E-state index contributed by atoms with van der Waals surface area (Å²) in [5.41, 5.74) is 2.30. The second-order valence-electron chi connectivity index (χ2n) is 5.31. The molecular formula is C17H18N2OS. The molecule has 0 aliphatic heterocycles. The van der Waals surface area contributed by atoms with Crippen molar-refractivity contribution in [3.8, 4) is 11.8 Å². The molecule has 1 aromatic carbocycles. The lowest BCUT2D eigenvalue weighted by Gasteiger charge is -2.06. The second-order valence-corrected chi connectivity index (χ2v) is 6.39. The highest BCUT2D eigenvalue weighted by Crippen LogP contribution is 2.42. The maximum atomic E-state index is 9.16. The molecule has 3 nitrogen and oxygen atoms in total. The SMILES string of the molecule is CCc1cccc(OCCc2nc(C3CC3)c(C#N)s2)c1. The van der Waals surface area contributed by atoms with E-state index in [9.17, 15) is 0 Å². The highest BCUT2D eigenvalue weighted by atomic mass is 32.1. The number of hydrogen-bond donors (Lipinski definition) is 0. The summed E-state index contributed by atoms with van der Waals surface area (Å²) in [5, 5.41) is 10.2. The number of nitrogens with zero attached hydrogens (tertiary/aromatic N) is 2. The molecule has 108 valence electrons. The fraction of sp³-hybridized carbons (Fsp3) is 0.412. The zero-order valence-corrected chi connectivity index (χ0v) is 12.9. The number of ether oxygens (including phenoxy) is 1. The third kappa shape index (κ3) is 3.43. The largest absolute Gasteiger partial charge is 0.493 e. The third-order valence-electron chi connectivity index (χ3n) is 3.65. The van der Waals surface area contributed by atoms with Crippen molar-refractivity contribution in [1.29, 1.82) is 5.26 Å². The summed E-state index contributed by atoms with van der Waals surface area (Å²) < 4.78 is 5.80.